The van der Waals surface area contributed by atoms with Crippen molar-refractivity contribution in [1.29, 1.82) is 0 Å². The maximum atomic E-state index is 13.1. The molecule has 1 N–H and O–H groups in total. The van der Waals surface area contributed by atoms with Gasteiger partial charge >= 0.3 is 6.18 Å². The van der Waals surface area contributed by atoms with Gasteiger partial charge in [-0.15, -0.1) is 11.3 Å². The van der Waals surface area contributed by atoms with Gasteiger partial charge in [0.2, 0.25) is 11.8 Å². The van der Waals surface area contributed by atoms with Crippen molar-refractivity contribution in [3.63, 3.8) is 0 Å². The number of alkyl halides is 3. The van der Waals surface area contributed by atoms with Crippen molar-refractivity contribution in [2.24, 2.45) is 0 Å². The Bertz CT molecular complexity index is 1390. The van der Waals surface area contributed by atoms with Gasteiger partial charge in [-0.05, 0) is 37.3 Å². The summed E-state index contributed by atoms with van der Waals surface area (Å²) in [5.41, 5.74) is 1.75. The molecule has 1 saturated heterocycles. The fraction of sp³-hybridized carbons (Fsp3) is 0.379. The summed E-state index contributed by atoms with van der Waals surface area (Å²) in [7, 11) is 1.52. The van der Waals surface area contributed by atoms with Gasteiger partial charge in [0, 0.05) is 56.5 Å². The maximum Gasteiger partial charge on any atom is 0.416 e. The molecule has 4 rings (SSSR count). The van der Waals surface area contributed by atoms with Gasteiger partial charge in [-0.25, -0.2) is 4.98 Å². The van der Waals surface area contributed by atoms with Crippen molar-refractivity contribution in [2.45, 2.75) is 19.5 Å². The van der Waals surface area contributed by atoms with E-state index in [2.05, 4.69) is 10.3 Å². The molecule has 9 nitrogen and oxygen atoms in total. The largest absolute Gasteiger partial charge is 0.416 e. The third kappa shape index (κ3) is 8.29. The number of benzene rings is 2. The van der Waals surface area contributed by atoms with Gasteiger partial charge in [-0.2, -0.15) is 13.2 Å². The van der Waals surface area contributed by atoms with Gasteiger partial charge in [0.25, 0.3) is 5.91 Å². The molecule has 0 radical (unpaired) electrons. The minimum atomic E-state index is -4.41. The Morgan fingerprint density at radius 2 is 1.79 bits per heavy atom. The summed E-state index contributed by atoms with van der Waals surface area (Å²) in [6.45, 7) is 3.78. The highest BCUT2D eigenvalue weighted by Crippen LogP contribution is 2.32. The van der Waals surface area contributed by atoms with Crippen LogP contribution in [0.15, 0.2) is 53.9 Å². The minimum Gasteiger partial charge on any atom is -0.383 e. The van der Waals surface area contributed by atoms with E-state index in [9.17, 15) is 27.6 Å². The molecule has 224 valence electrons. The molecule has 0 aliphatic carbocycles. The standard InChI is InChI=1S/C29H32F3N5O4S/c1-20-6-8-21(9-7-20)27(40)37(14-15-41-2)18-25(38)34-28-33-23(19-42-28)17-26(39)36-12-10-35(11-13-36)24-5-3-4-22(16-24)29(30,31)32/h3-9,16,19H,10-15,17-18H2,1-2H3,(H,33,34,38). The molecule has 3 amide bonds. The van der Waals surface area contributed by atoms with Gasteiger partial charge in [0.05, 0.1) is 24.3 Å². The van der Waals surface area contributed by atoms with E-state index in [1.165, 1.54) is 29.4 Å². The summed E-state index contributed by atoms with van der Waals surface area (Å²) in [5, 5.41) is 4.70. The molecule has 42 heavy (non-hydrogen) atoms. The van der Waals surface area contributed by atoms with Gasteiger partial charge in [-0.3, -0.25) is 14.4 Å². The van der Waals surface area contributed by atoms with Crippen LogP contribution in [0.25, 0.3) is 0 Å². The van der Waals surface area contributed by atoms with Crippen molar-refractivity contribution in [1.82, 2.24) is 14.8 Å². The summed E-state index contributed by atoms with van der Waals surface area (Å²) in [5.74, 6) is -0.874. The number of anilines is 2. The van der Waals surface area contributed by atoms with Crippen LogP contribution in [0.3, 0.4) is 0 Å². The Labute approximate surface area is 245 Å². The number of aromatic nitrogens is 1. The number of methoxy groups -OCH3 is 1. The van der Waals surface area contributed by atoms with E-state index in [4.69, 9.17) is 4.74 Å². The van der Waals surface area contributed by atoms with E-state index < -0.39 is 17.6 Å². The third-order valence-corrected chi connectivity index (χ3v) is 7.59. The van der Waals surface area contributed by atoms with Crippen LogP contribution in [0, 0.1) is 6.92 Å². The zero-order chi connectivity index (χ0) is 30.3. The Morgan fingerprint density at radius 3 is 2.45 bits per heavy atom. The molecule has 13 heteroatoms. The number of nitrogens with one attached hydrogen (secondary N) is 1. The molecule has 1 aliphatic rings. The number of ether oxygens (including phenoxy) is 1. The third-order valence-electron chi connectivity index (χ3n) is 6.79. The predicted octanol–water partition coefficient (Wildman–Crippen LogP) is 4.09. The molecular formula is C29H32F3N5O4S. The van der Waals surface area contributed by atoms with Crippen LogP contribution in [0.5, 0.6) is 0 Å². The second kappa shape index (κ2) is 13.8. The number of nitrogens with zero attached hydrogens (tertiary/aromatic N) is 4. The molecule has 2 heterocycles. The van der Waals surface area contributed by atoms with E-state index in [1.807, 2.05) is 24.0 Å². The number of halogens is 3. The Hall–Kier alpha value is -3.97. The summed E-state index contributed by atoms with van der Waals surface area (Å²) < 4.78 is 44.3. The second-order valence-electron chi connectivity index (χ2n) is 9.87. The lowest BCUT2D eigenvalue weighted by atomic mass is 10.1. The highest BCUT2D eigenvalue weighted by atomic mass is 32.1. The number of aryl methyl sites for hydroxylation is 1. The summed E-state index contributed by atoms with van der Waals surface area (Å²) in [6, 6.07) is 12.3. The van der Waals surface area contributed by atoms with Crippen molar-refractivity contribution < 1.29 is 32.3 Å². The van der Waals surface area contributed by atoms with E-state index in [-0.39, 0.29) is 37.9 Å². The number of carbonyl (C=O) groups is 3. The van der Waals surface area contributed by atoms with Crippen LogP contribution < -0.4 is 10.2 Å². The number of rotatable bonds is 10. The van der Waals surface area contributed by atoms with E-state index in [0.29, 0.717) is 48.3 Å². The molecule has 0 spiro atoms. The number of hydrogen-bond acceptors (Lipinski definition) is 7. The highest BCUT2D eigenvalue weighted by Gasteiger charge is 2.31. The maximum absolute atomic E-state index is 13.1. The molecule has 0 bridgehead atoms. The molecule has 2 aromatic carbocycles. The quantitative estimate of drug-likeness (QED) is 0.375. The van der Waals surface area contributed by atoms with Crippen LogP contribution in [0.4, 0.5) is 24.0 Å². The molecule has 1 aromatic heterocycles. The van der Waals surface area contributed by atoms with E-state index in [0.717, 1.165) is 17.7 Å². The molecule has 0 saturated carbocycles. The Kier molecular flexibility index (Phi) is 10.2. The molecule has 1 fully saturated rings. The van der Waals surface area contributed by atoms with Gasteiger partial charge in [0.15, 0.2) is 5.13 Å². The number of amides is 3. The predicted molar refractivity (Wildman–Crippen MR) is 154 cm³/mol. The molecule has 0 unspecified atom stereocenters. The van der Waals surface area contributed by atoms with Crippen LogP contribution >= 0.6 is 11.3 Å². The molecule has 3 aromatic rings. The van der Waals surface area contributed by atoms with E-state index >= 15 is 0 Å². The lowest BCUT2D eigenvalue weighted by Crippen LogP contribution is -2.49. The van der Waals surface area contributed by atoms with Gasteiger partial charge in [0.1, 0.15) is 6.54 Å². The van der Waals surface area contributed by atoms with Crippen LogP contribution in [-0.2, 0) is 26.9 Å². The smallest absolute Gasteiger partial charge is 0.383 e. The number of hydrogen-bond donors (Lipinski definition) is 1. The fourth-order valence-electron chi connectivity index (χ4n) is 4.47. The average Bonchev–Trinajstić information content (AvgIpc) is 3.41. The normalized spacial score (nSPS) is 13.6. The van der Waals surface area contributed by atoms with Crippen LogP contribution in [0.1, 0.15) is 27.2 Å². The van der Waals surface area contributed by atoms with Crippen LogP contribution in [-0.4, -0.2) is 85.5 Å². The zero-order valence-electron chi connectivity index (χ0n) is 23.3. The fourth-order valence-corrected chi connectivity index (χ4v) is 5.20. The molecule has 1 aliphatic heterocycles. The van der Waals surface area contributed by atoms with Gasteiger partial charge < -0.3 is 24.8 Å². The lowest BCUT2D eigenvalue weighted by Gasteiger charge is -2.36. The summed E-state index contributed by atoms with van der Waals surface area (Å²) in [4.78, 5) is 47.9. The number of piperazine rings is 1. The van der Waals surface area contributed by atoms with Crippen molar-refractivity contribution >= 4 is 39.9 Å². The topological polar surface area (TPSA) is 95.1 Å². The van der Waals surface area contributed by atoms with E-state index in [1.54, 1.807) is 28.5 Å². The second-order valence-corrected chi connectivity index (χ2v) is 10.7. The molecular weight excluding hydrogens is 571 g/mol. The lowest BCUT2D eigenvalue weighted by molar-refractivity contribution is -0.137. The first-order valence-electron chi connectivity index (χ1n) is 13.3. The first kappa shape index (κ1) is 31.0. The first-order chi connectivity index (χ1) is 20.0. The van der Waals surface area contributed by atoms with Crippen molar-refractivity contribution in [3.05, 3.63) is 76.3 Å². The summed E-state index contributed by atoms with van der Waals surface area (Å²) >= 11 is 1.18. The van der Waals surface area contributed by atoms with Crippen molar-refractivity contribution in [3.8, 4) is 0 Å². The van der Waals surface area contributed by atoms with Crippen LogP contribution in [0.2, 0.25) is 0 Å². The first-order valence-corrected chi connectivity index (χ1v) is 14.2. The average molecular weight is 604 g/mol. The number of carbonyl (C=O) groups excluding carboxylic acids is 3. The monoisotopic (exact) mass is 603 g/mol. The Balaban J connectivity index is 1.28. The minimum absolute atomic E-state index is 0.0296. The number of thiazole rings is 1. The zero-order valence-corrected chi connectivity index (χ0v) is 24.1. The molecule has 0 atom stereocenters. The SMILES string of the molecule is COCCN(CC(=O)Nc1nc(CC(=O)N2CCN(c3cccc(C(F)(F)F)c3)CC2)cs1)C(=O)c1ccc(C)cc1. The van der Waals surface area contributed by atoms with Gasteiger partial charge in [-0.1, -0.05) is 23.8 Å². The van der Waals surface area contributed by atoms with Crippen molar-refractivity contribution in [2.75, 3.05) is 63.2 Å². The Morgan fingerprint density at radius 1 is 1.07 bits per heavy atom. The summed E-state index contributed by atoms with van der Waals surface area (Å²) in [6.07, 6.45) is -4.39. The highest BCUT2D eigenvalue weighted by molar-refractivity contribution is 7.13.